The molecule has 0 bridgehead atoms. The highest BCUT2D eigenvalue weighted by atomic mass is 16.5. The molecule has 0 aliphatic heterocycles. The molecule has 1 heterocycles. The molecule has 1 fully saturated rings. The quantitative estimate of drug-likeness (QED) is 0.670. The number of hydrogen-bond donors (Lipinski definition) is 3. The zero-order chi connectivity index (χ0) is 20.1. The Bertz CT molecular complexity index is 816. The van der Waals surface area contributed by atoms with E-state index in [0.29, 0.717) is 30.0 Å². The predicted molar refractivity (Wildman–Crippen MR) is 103 cm³/mol. The van der Waals surface area contributed by atoms with Gasteiger partial charge in [0.05, 0.1) is 25.9 Å². The Morgan fingerprint density at radius 2 is 1.93 bits per heavy atom. The maximum Gasteiger partial charge on any atom is 0.251 e. The van der Waals surface area contributed by atoms with Gasteiger partial charge >= 0.3 is 0 Å². The molecule has 3 atom stereocenters. The first-order valence-electron chi connectivity index (χ1n) is 9.26. The molecule has 1 aliphatic rings. The first-order chi connectivity index (χ1) is 13.4. The lowest BCUT2D eigenvalue weighted by molar-refractivity contribution is 0.0438. The van der Waals surface area contributed by atoms with Crippen molar-refractivity contribution in [1.82, 2.24) is 10.3 Å². The standard InChI is InChI=1S/C21H26N2O5/c1-14-5-3-8-19(23-14)28-13-21(10-17(24)18(25)11-21)12-22-20(26)15-6-4-7-16(9-15)27-2/h3-9,17-18,24-25H,10-13H2,1-2H3,(H,22,26)/t17-,18+,21?. The van der Waals surface area contributed by atoms with E-state index in [0.717, 1.165) is 5.69 Å². The molecule has 1 aliphatic carbocycles. The van der Waals surface area contributed by atoms with Crippen LogP contribution in [0.1, 0.15) is 28.9 Å². The molecule has 1 amide bonds. The van der Waals surface area contributed by atoms with E-state index in [9.17, 15) is 15.0 Å². The summed E-state index contributed by atoms with van der Waals surface area (Å²) in [6.45, 7) is 2.37. The molecule has 1 aromatic heterocycles. The fraction of sp³-hybridized carbons (Fsp3) is 0.429. The third-order valence-corrected chi connectivity index (χ3v) is 5.07. The number of aliphatic hydroxyl groups excluding tert-OH is 2. The Morgan fingerprint density at radius 1 is 1.21 bits per heavy atom. The lowest BCUT2D eigenvalue weighted by Crippen LogP contribution is -2.40. The summed E-state index contributed by atoms with van der Waals surface area (Å²) in [7, 11) is 1.55. The number of ether oxygens (including phenoxy) is 2. The van der Waals surface area contributed by atoms with Gasteiger partial charge in [-0.2, -0.15) is 0 Å². The fourth-order valence-corrected chi connectivity index (χ4v) is 3.52. The minimum atomic E-state index is -0.845. The van der Waals surface area contributed by atoms with Crippen molar-refractivity contribution in [2.45, 2.75) is 32.0 Å². The molecular weight excluding hydrogens is 360 g/mol. The van der Waals surface area contributed by atoms with Crippen LogP contribution in [0.15, 0.2) is 42.5 Å². The Balaban J connectivity index is 1.68. The van der Waals surface area contributed by atoms with Crippen LogP contribution in [-0.2, 0) is 0 Å². The maximum atomic E-state index is 12.5. The van der Waals surface area contributed by atoms with E-state index in [2.05, 4.69) is 10.3 Å². The van der Waals surface area contributed by atoms with Crippen molar-refractivity contribution in [3.63, 3.8) is 0 Å². The van der Waals surface area contributed by atoms with Crippen LogP contribution in [0.25, 0.3) is 0 Å². The number of hydrogen-bond acceptors (Lipinski definition) is 6. The summed E-state index contributed by atoms with van der Waals surface area (Å²) in [5.74, 6) is 0.833. The Labute approximate surface area is 164 Å². The van der Waals surface area contributed by atoms with Gasteiger partial charge in [-0.3, -0.25) is 4.79 Å². The molecule has 0 spiro atoms. The van der Waals surface area contributed by atoms with Crippen LogP contribution < -0.4 is 14.8 Å². The van der Waals surface area contributed by atoms with Crippen LogP contribution in [-0.4, -0.2) is 53.6 Å². The predicted octanol–water partition coefficient (Wildman–Crippen LogP) is 1.71. The molecule has 1 saturated carbocycles. The number of aliphatic hydroxyl groups is 2. The second-order valence-corrected chi connectivity index (χ2v) is 7.36. The van der Waals surface area contributed by atoms with E-state index in [1.54, 1.807) is 37.4 Å². The number of carbonyl (C=O) groups is 1. The van der Waals surface area contributed by atoms with Crippen LogP contribution >= 0.6 is 0 Å². The van der Waals surface area contributed by atoms with Gasteiger partial charge in [-0.25, -0.2) is 4.98 Å². The van der Waals surface area contributed by atoms with Crippen molar-refractivity contribution in [3.8, 4) is 11.6 Å². The van der Waals surface area contributed by atoms with Crippen LogP contribution in [0.2, 0.25) is 0 Å². The van der Waals surface area contributed by atoms with E-state index in [-0.39, 0.29) is 19.1 Å². The topological polar surface area (TPSA) is 101 Å². The normalized spacial score (nSPS) is 24.0. The van der Waals surface area contributed by atoms with Gasteiger partial charge in [0.1, 0.15) is 5.75 Å². The number of nitrogens with one attached hydrogen (secondary N) is 1. The summed E-state index contributed by atoms with van der Waals surface area (Å²) in [6, 6.07) is 12.4. The summed E-state index contributed by atoms with van der Waals surface area (Å²) in [5, 5.41) is 23.1. The molecule has 3 N–H and O–H groups in total. The average Bonchev–Trinajstić information content (AvgIpc) is 2.99. The molecule has 1 aromatic carbocycles. The number of rotatable bonds is 7. The number of amides is 1. The average molecular weight is 386 g/mol. The number of methoxy groups -OCH3 is 1. The molecule has 150 valence electrons. The lowest BCUT2D eigenvalue weighted by atomic mass is 9.86. The van der Waals surface area contributed by atoms with E-state index < -0.39 is 17.6 Å². The minimum absolute atomic E-state index is 0.232. The third kappa shape index (κ3) is 4.79. The van der Waals surface area contributed by atoms with Crippen molar-refractivity contribution in [3.05, 3.63) is 53.7 Å². The van der Waals surface area contributed by atoms with E-state index in [1.807, 2.05) is 19.1 Å². The highest BCUT2D eigenvalue weighted by Crippen LogP contribution is 2.38. The van der Waals surface area contributed by atoms with Gasteiger partial charge in [0, 0.05) is 29.3 Å². The SMILES string of the molecule is COc1cccc(C(=O)NCC2(COc3cccc(C)n3)C[C@@H](O)[C@@H](O)C2)c1. The van der Waals surface area contributed by atoms with Crippen molar-refractivity contribution in [2.24, 2.45) is 5.41 Å². The number of benzene rings is 1. The van der Waals surface area contributed by atoms with E-state index >= 15 is 0 Å². The fourth-order valence-electron chi connectivity index (χ4n) is 3.52. The van der Waals surface area contributed by atoms with Gasteiger partial charge < -0.3 is 25.0 Å². The Morgan fingerprint density at radius 3 is 2.61 bits per heavy atom. The van der Waals surface area contributed by atoms with Gasteiger partial charge in [-0.15, -0.1) is 0 Å². The first kappa shape index (κ1) is 20.1. The zero-order valence-corrected chi connectivity index (χ0v) is 16.1. The first-order valence-corrected chi connectivity index (χ1v) is 9.26. The van der Waals surface area contributed by atoms with Crippen molar-refractivity contribution in [1.29, 1.82) is 0 Å². The Kier molecular flexibility index (Phi) is 6.16. The van der Waals surface area contributed by atoms with Crippen LogP contribution in [0, 0.1) is 12.3 Å². The van der Waals surface area contributed by atoms with Gasteiger partial charge in [0.2, 0.25) is 5.88 Å². The summed E-state index contributed by atoms with van der Waals surface area (Å²) in [4.78, 5) is 16.9. The second-order valence-electron chi connectivity index (χ2n) is 7.36. The molecule has 28 heavy (non-hydrogen) atoms. The smallest absolute Gasteiger partial charge is 0.251 e. The van der Waals surface area contributed by atoms with Crippen LogP contribution in [0.5, 0.6) is 11.6 Å². The zero-order valence-electron chi connectivity index (χ0n) is 16.1. The number of pyridine rings is 1. The third-order valence-electron chi connectivity index (χ3n) is 5.07. The van der Waals surface area contributed by atoms with Crippen molar-refractivity contribution >= 4 is 5.91 Å². The number of aromatic nitrogens is 1. The molecule has 2 aromatic rings. The lowest BCUT2D eigenvalue weighted by Gasteiger charge is -2.29. The van der Waals surface area contributed by atoms with Gasteiger partial charge in [-0.05, 0) is 44.0 Å². The van der Waals surface area contributed by atoms with Crippen LogP contribution in [0.3, 0.4) is 0 Å². The summed E-state index contributed by atoms with van der Waals surface area (Å²) >= 11 is 0. The molecule has 7 nitrogen and oxygen atoms in total. The molecule has 0 saturated heterocycles. The molecule has 3 rings (SSSR count). The molecule has 0 radical (unpaired) electrons. The van der Waals surface area contributed by atoms with Crippen molar-refractivity contribution < 1.29 is 24.5 Å². The number of carbonyl (C=O) groups excluding carboxylic acids is 1. The monoisotopic (exact) mass is 386 g/mol. The Hall–Kier alpha value is -2.64. The van der Waals surface area contributed by atoms with E-state index in [1.165, 1.54) is 0 Å². The number of nitrogens with zero attached hydrogens (tertiary/aromatic N) is 1. The summed E-state index contributed by atoms with van der Waals surface area (Å²) < 4.78 is 11.0. The van der Waals surface area contributed by atoms with Gasteiger partial charge in [0.25, 0.3) is 5.91 Å². The summed E-state index contributed by atoms with van der Waals surface area (Å²) in [5.41, 5.74) is 0.734. The highest BCUT2D eigenvalue weighted by Gasteiger charge is 2.45. The van der Waals surface area contributed by atoms with Crippen LogP contribution in [0.4, 0.5) is 0 Å². The number of aryl methyl sites for hydroxylation is 1. The summed E-state index contributed by atoms with van der Waals surface area (Å²) in [6.07, 6.45) is -1.03. The maximum absolute atomic E-state index is 12.5. The minimum Gasteiger partial charge on any atom is -0.497 e. The largest absolute Gasteiger partial charge is 0.497 e. The molecule has 1 unspecified atom stereocenters. The highest BCUT2D eigenvalue weighted by molar-refractivity contribution is 5.94. The molecular formula is C21H26N2O5. The van der Waals surface area contributed by atoms with Gasteiger partial charge in [0.15, 0.2) is 0 Å². The molecule has 7 heteroatoms. The van der Waals surface area contributed by atoms with Gasteiger partial charge in [-0.1, -0.05) is 12.1 Å². The second kappa shape index (κ2) is 8.58. The van der Waals surface area contributed by atoms with Crippen molar-refractivity contribution in [2.75, 3.05) is 20.3 Å². The van der Waals surface area contributed by atoms with E-state index in [4.69, 9.17) is 9.47 Å².